The number of nitrogens with zero attached hydrogens (tertiary/aromatic N) is 3. The van der Waals surface area contributed by atoms with E-state index < -0.39 is 0 Å². The molecular formula is C29H38N6O3S. The number of anilines is 4. The molecule has 2 amide bonds. The van der Waals surface area contributed by atoms with Crippen molar-refractivity contribution in [1.82, 2.24) is 15.3 Å². The second-order valence-corrected chi connectivity index (χ2v) is 12.8. The van der Waals surface area contributed by atoms with Gasteiger partial charge in [0.2, 0.25) is 11.8 Å². The number of hydrogen-bond donors (Lipinski definition) is 4. The monoisotopic (exact) mass is 550 g/mol. The fourth-order valence-corrected chi connectivity index (χ4v) is 5.82. The first kappa shape index (κ1) is 27.5. The third kappa shape index (κ3) is 6.57. The number of aliphatic hydroxyl groups is 1. The summed E-state index contributed by atoms with van der Waals surface area (Å²) in [5.74, 6) is 1.17. The maximum atomic E-state index is 12.2. The van der Waals surface area contributed by atoms with Crippen molar-refractivity contribution < 1.29 is 14.7 Å². The molecule has 1 aromatic carbocycles. The number of amides is 2. The van der Waals surface area contributed by atoms with Crippen molar-refractivity contribution >= 4 is 55.8 Å². The number of benzene rings is 1. The number of carbonyl (C=O) groups is 2. The molecule has 208 valence electrons. The molecule has 1 aliphatic heterocycles. The van der Waals surface area contributed by atoms with Crippen LogP contribution in [-0.2, 0) is 16.1 Å². The minimum absolute atomic E-state index is 0.141. The van der Waals surface area contributed by atoms with Crippen LogP contribution in [0.15, 0.2) is 30.3 Å². The molecule has 4 N–H and O–H groups in total. The van der Waals surface area contributed by atoms with Gasteiger partial charge in [0.05, 0.1) is 22.0 Å². The summed E-state index contributed by atoms with van der Waals surface area (Å²) in [6.07, 6.45) is 3.74. The van der Waals surface area contributed by atoms with E-state index in [1.807, 2.05) is 18.2 Å². The maximum Gasteiger partial charge on any atom is 0.234 e. The van der Waals surface area contributed by atoms with Gasteiger partial charge in [-0.3, -0.25) is 14.5 Å². The molecule has 3 aromatic rings. The van der Waals surface area contributed by atoms with E-state index in [9.17, 15) is 14.7 Å². The summed E-state index contributed by atoms with van der Waals surface area (Å²) in [5.41, 5.74) is 2.63. The van der Waals surface area contributed by atoms with E-state index in [-0.39, 0.29) is 42.2 Å². The molecule has 3 heterocycles. The molecule has 39 heavy (non-hydrogen) atoms. The first-order valence-electron chi connectivity index (χ1n) is 13.8. The van der Waals surface area contributed by atoms with Crippen LogP contribution < -0.4 is 20.9 Å². The van der Waals surface area contributed by atoms with Gasteiger partial charge in [-0.1, -0.05) is 32.1 Å². The van der Waals surface area contributed by atoms with Crippen molar-refractivity contribution in [3.8, 4) is 0 Å². The fraction of sp³-hybridized carbons (Fsp3) is 0.517. The molecule has 0 spiro atoms. The van der Waals surface area contributed by atoms with Gasteiger partial charge in [-0.15, -0.1) is 0 Å². The van der Waals surface area contributed by atoms with Crippen molar-refractivity contribution in [2.45, 2.75) is 91.0 Å². The molecule has 2 aromatic heterocycles. The zero-order valence-corrected chi connectivity index (χ0v) is 23.9. The molecule has 10 heteroatoms. The third-order valence-electron chi connectivity index (χ3n) is 7.76. The normalized spacial score (nSPS) is 21.0. The fourth-order valence-electron chi connectivity index (χ4n) is 4.91. The SMILES string of the molecule is CC(NCc1cc(Nc2nc3ccc(N4C(=O)CCC4=O)cc3s2)nc(N[C@H]2CC[C@H](O)CC2)c1)C(C)(C)C. The zero-order chi connectivity index (χ0) is 27.7. The van der Waals surface area contributed by atoms with Crippen molar-refractivity contribution in [2.24, 2.45) is 5.41 Å². The van der Waals surface area contributed by atoms with Crippen LogP contribution in [0, 0.1) is 5.41 Å². The quantitative estimate of drug-likeness (QED) is 0.278. The number of imide groups is 1. The smallest absolute Gasteiger partial charge is 0.234 e. The number of pyridine rings is 1. The summed E-state index contributed by atoms with van der Waals surface area (Å²) in [4.78, 5) is 35.2. The summed E-state index contributed by atoms with van der Waals surface area (Å²) in [5, 5.41) is 21.2. The highest BCUT2D eigenvalue weighted by molar-refractivity contribution is 7.22. The van der Waals surface area contributed by atoms with Gasteiger partial charge in [-0.2, -0.15) is 0 Å². The lowest BCUT2D eigenvalue weighted by atomic mass is 9.88. The molecule has 5 rings (SSSR count). The van der Waals surface area contributed by atoms with Crippen LogP contribution in [0.2, 0.25) is 0 Å². The van der Waals surface area contributed by atoms with Gasteiger partial charge in [-0.25, -0.2) is 9.97 Å². The van der Waals surface area contributed by atoms with E-state index in [4.69, 9.17) is 9.97 Å². The minimum Gasteiger partial charge on any atom is -0.393 e. The second-order valence-electron chi connectivity index (χ2n) is 11.8. The van der Waals surface area contributed by atoms with Crippen LogP contribution in [0.5, 0.6) is 0 Å². The Morgan fingerprint density at radius 2 is 1.72 bits per heavy atom. The Hall–Kier alpha value is -3.08. The lowest BCUT2D eigenvalue weighted by Crippen LogP contribution is -2.37. The van der Waals surface area contributed by atoms with E-state index in [0.29, 0.717) is 29.2 Å². The molecule has 2 aliphatic rings. The van der Waals surface area contributed by atoms with Crippen molar-refractivity contribution in [3.63, 3.8) is 0 Å². The summed E-state index contributed by atoms with van der Waals surface area (Å²) in [7, 11) is 0. The highest BCUT2D eigenvalue weighted by atomic mass is 32.1. The highest BCUT2D eigenvalue weighted by Gasteiger charge is 2.30. The number of hydrogen-bond acceptors (Lipinski definition) is 9. The molecule has 1 atom stereocenters. The van der Waals surface area contributed by atoms with E-state index >= 15 is 0 Å². The minimum atomic E-state index is -0.205. The van der Waals surface area contributed by atoms with Gasteiger partial charge >= 0.3 is 0 Å². The Kier molecular flexibility index (Phi) is 7.89. The van der Waals surface area contributed by atoms with E-state index in [0.717, 1.165) is 47.3 Å². The average Bonchev–Trinajstić information content (AvgIpc) is 3.44. The van der Waals surface area contributed by atoms with Crippen LogP contribution in [0.4, 0.5) is 22.5 Å². The third-order valence-corrected chi connectivity index (χ3v) is 8.70. The molecule has 1 saturated heterocycles. The lowest BCUT2D eigenvalue weighted by molar-refractivity contribution is -0.121. The molecular weight excluding hydrogens is 512 g/mol. The number of carbonyl (C=O) groups excluding carboxylic acids is 2. The van der Waals surface area contributed by atoms with Gasteiger partial charge in [0.15, 0.2) is 5.13 Å². The molecule has 1 unspecified atom stereocenters. The molecule has 2 fully saturated rings. The van der Waals surface area contributed by atoms with Gasteiger partial charge < -0.3 is 21.1 Å². The van der Waals surface area contributed by atoms with Gasteiger partial charge in [-0.05, 0) is 73.9 Å². The number of thiazole rings is 1. The van der Waals surface area contributed by atoms with Crippen LogP contribution >= 0.6 is 11.3 Å². The van der Waals surface area contributed by atoms with E-state index in [1.54, 1.807) is 6.07 Å². The first-order valence-corrected chi connectivity index (χ1v) is 14.6. The number of fused-ring (bicyclic) bond motifs is 1. The summed E-state index contributed by atoms with van der Waals surface area (Å²) >= 11 is 1.46. The molecule has 0 bridgehead atoms. The molecule has 0 radical (unpaired) electrons. The maximum absolute atomic E-state index is 12.2. The average molecular weight is 551 g/mol. The Bertz CT molecular complexity index is 1340. The number of aliphatic hydroxyl groups excluding tert-OH is 1. The number of rotatable bonds is 8. The summed E-state index contributed by atoms with van der Waals surface area (Å²) in [6.45, 7) is 9.58. The van der Waals surface area contributed by atoms with Crippen LogP contribution in [-0.4, -0.2) is 45.1 Å². The largest absolute Gasteiger partial charge is 0.393 e. The Morgan fingerprint density at radius 3 is 2.41 bits per heavy atom. The predicted octanol–water partition coefficient (Wildman–Crippen LogP) is 5.33. The molecule has 1 saturated carbocycles. The van der Waals surface area contributed by atoms with Crippen LogP contribution in [0.25, 0.3) is 10.2 Å². The summed E-state index contributed by atoms with van der Waals surface area (Å²) in [6, 6.07) is 10.2. The standard InChI is InChI=1S/C29H38N6O3S/c1-17(29(2,3)4)30-16-18-13-24(31-19-5-8-21(36)9-6-19)33-25(14-18)34-28-32-22-10-7-20(15-23(22)39-28)35-26(37)11-12-27(35)38/h7,10,13-15,17,19,21,30,36H,5-6,8-9,11-12,16H2,1-4H3,(H2,31,32,33,34)/t17?,19-,21-. The van der Waals surface area contributed by atoms with Crippen LogP contribution in [0.1, 0.15) is 71.8 Å². The Labute approximate surface area is 233 Å². The molecule has 9 nitrogen and oxygen atoms in total. The topological polar surface area (TPSA) is 119 Å². The van der Waals surface area contributed by atoms with E-state index in [2.05, 4.69) is 49.7 Å². The van der Waals surface area contributed by atoms with E-state index in [1.165, 1.54) is 16.2 Å². The number of aromatic nitrogens is 2. The number of nitrogens with one attached hydrogen (secondary N) is 3. The second kappa shape index (κ2) is 11.2. The highest BCUT2D eigenvalue weighted by Crippen LogP contribution is 2.33. The Balaban J connectivity index is 1.37. The van der Waals surface area contributed by atoms with Crippen LogP contribution in [0.3, 0.4) is 0 Å². The predicted molar refractivity (Wildman–Crippen MR) is 157 cm³/mol. The van der Waals surface area contributed by atoms with Crippen molar-refractivity contribution in [3.05, 3.63) is 35.9 Å². The zero-order valence-electron chi connectivity index (χ0n) is 23.1. The van der Waals surface area contributed by atoms with Crippen molar-refractivity contribution in [1.29, 1.82) is 0 Å². The first-order chi connectivity index (χ1) is 18.5. The lowest BCUT2D eigenvalue weighted by Gasteiger charge is -2.29. The molecule has 1 aliphatic carbocycles. The summed E-state index contributed by atoms with van der Waals surface area (Å²) < 4.78 is 0.887. The van der Waals surface area contributed by atoms with Gasteiger partial charge in [0.25, 0.3) is 0 Å². The Morgan fingerprint density at radius 1 is 1.03 bits per heavy atom. The van der Waals surface area contributed by atoms with Gasteiger partial charge in [0, 0.05) is 31.5 Å². The van der Waals surface area contributed by atoms with Gasteiger partial charge in [0.1, 0.15) is 11.6 Å². The van der Waals surface area contributed by atoms with Crippen molar-refractivity contribution in [2.75, 3.05) is 15.5 Å².